The number of methoxy groups -OCH3 is 1. The average Bonchev–Trinajstić information content (AvgIpc) is 4.05. The number of benzene rings is 1. The third kappa shape index (κ3) is 10.1. The van der Waals surface area contributed by atoms with Crippen molar-refractivity contribution >= 4 is 11.8 Å². The lowest BCUT2D eigenvalue weighted by molar-refractivity contribution is -0.256. The summed E-state index contributed by atoms with van der Waals surface area (Å²) < 4.78 is 37.6. The van der Waals surface area contributed by atoms with Gasteiger partial charge in [-0.05, 0) is 74.1 Å². The van der Waals surface area contributed by atoms with Gasteiger partial charge in [-0.2, -0.15) is 0 Å². The van der Waals surface area contributed by atoms with Crippen molar-refractivity contribution in [2.24, 2.45) is 22.9 Å². The summed E-state index contributed by atoms with van der Waals surface area (Å²) in [6, 6.07) is 5.25. The van der Waals surface area contributed by atoms with Crippen LogP contribution >= 0.6 is 0 Å². The van der Waals surface area contributed by atoms with Crippen molar-refractivity contribution in [2.45, 2.75) is 88.2 Å². The number of aliphatic hydroxyl groups is 3. The Kier molecular flexibility index (Phi) is 15.9. The van der Waals surface area contributed by atoms with E-state index in [-0.39, 0.29) is 70.4 Å². The number of carbonyl (C=O) groups excluding carboxylic acids is 1. The molecule has 2 saturated heterocycles. The molecular weight excluding hydrogens is 722 g/mol. The maximum atomic E-state index is 13.9. The highest BCUT2D eigenvalue weighted by atomic mass is 16.8. The second-order valence-electron chi connectivity index (χ2n) is 15.4. The standard InChI is InChI=1S/C42H63N3O11/c1-3-22-54-42-37(45(41(49)50-2)18-24-51-26-21-48)29-35(43-56-38-12-6-9-23-53-38)33-27-30(10-4-7-19-46)32(11-5-8-20-47)39(40(33)42)34-28-31(13-14-36(34)55-42)52-25-17-44-15-16-44/h3,13-14,27-28,30,32,37-40,46-48H,1,4-12,15-26,29H2,2H3/t30-,32+,37-,38?,39+,40+,42+/m0/s1. The Labute approximate surface area is 331 Å². The first kappa shape index (κ1) is 42.4. The van der Waals surface area contributed by atoms with Crippen LogP contribution in [0.3, 0.4) is 0 Å². The Bertz CT molecular complexity index is 1480. The van der Waals surface area contributed by atoms with Crippen LogP contribution in [0.25, 0.3) is 0 Å². The zero-order valence-electron chi connectivity index (χ0n) is 33.1. The van der Waals surface area contributed by atoms with E-state index in [0.29, 0.717) is 37.5 Å². The van der Waals surface area contributed by atoms with Crippen LogP contribution in [-0.4, -0.2) is 141 Å². The first-order valence-electron chi connectivity index (χ1n) is 20.7. The second-order valence-corrected chi connectivity index (χ2v) is 15.4. The fraction of sp³-hybridized carbons (Fsp3) is 0.714. The van der Waals surface area contributed by atoms with E-state index >= 15 is 0 Å². The molecule has 1 amide bonds. The molecule has 3 fully saturated rings. The van der Waals surface area contributed by atoms with Gasteiger partial charge in [0.15, 0.2) is 0 Å². The quantitative estimate of drug-likeness (QED) is 0.0613. The summed E-state index contributed by atoms with van der Waals surface area (Å²) >= 11 is 0. The zero-order chi connectivity index (χ0) is 39.3. The third-order valence-electron chi connectivity index (χ3n) is 11.8. The second kappa shape index (κ2) is 21.0. The molecule has 5 aliphatic rings. The highest BCUT2D eigenvalue weighted by Crippen LogP contribution is 2.62. The number of aliphatic hydroxyl groups excluding tert-OH is 3. The van der Waals surface area contributed by atoms with E-state index in [9.17, 15) is 20.1 Å². The van der Waals surface area contributed by atoms with Crippen molar-refractivity contribution in [1.82, 2.24) is 9.80 Å². The molecule has 14 nitrogen and oxygen atoms in total. The van der Waals surface area contributed by atoms with Crippen molar-refractivity contribution in [3.8, 4) is 11.5 Å². The van der Waals surface area contributed by atoms with Crippen molar-refractivity contribution in [3.63, 3.8) is 0 Å². The van der Waals surface area contributed by atoms with Gasteiger partial charge in [0.05, 0.1) is 51.8 Å². The number of hydrogen-bond acceptors (Lipinski definition) is 13. The maximum absolute atomic E-state index is 13.9. The number of oxime groups is 1. The van der Waals surface area contributed by atoms with E-state index in [0.717, 1.165) is 81.5 Å². The molecule has 0 radical (unpaired) electrons. The largest absolute Gasteiger partial charge is 0.492 e. The molecule has 3 N–H and O–H groups in total. The van der Waals surface area contributed by atoms with Gasteiger partial charge in [0.1, 0.15) is 24.1 Å². The summed E-state index contributed by atoms with van der Waals surface area (Å²) in [6.45, 7) is 8.83. The lowest BCUT2D eigenvalue weighted by Crippen LogP contribution is -2.70. The molecule has 2 aliphatic carbocycles. The number of nitrogens with zero attached hydrogens (tertiary/aromatic N) is 3. The van der Waals surface area contributed by atoms with Crippen LogP contribution in [0.4, 0.5) is 4.79 Å². The minimum Gasteiger partial charge on any atom is -0.492 e. The van der Waals surface area contributed by atoms with Crippen LogP contribution in [0.2, 0.25) is 0 Å². The fourth-order valence-electron chi connectivity index (χ4n) is 9.06. The van der Waals surface area contributed by atoms with Gasteiger partial charge in [0.2, 0.25) is 12.1 Å². The fourth-order valence-corrected chi connectivity index (χ4v) is 9.06. The van der Waals surface area contributed by atoms with Gasteiger partial charge in [-0.25, -0.2) is 4.79 Å². The Balaban J connectivity index is 1.53. The number of unbranched alkanes of at least 4 members (excludes halogenated alkanes) is 2. The highest BCUT2D eigenvalue weighted by Gasteiger charge is 2.65. The zero-order valence-corrected chi connectivity index (χ0v) is 33.1. The van der Waals surface area contributed by atoms with E-state index in [2.05, 4.69) is 23.6 Å². The Morgan fingerprint density at radius 2 is 1.89 bits per heavy atom. The van der Waals surface area contributed by atoms with E-state index in [1.54, 1.807) is 11.0 Å². The van der Waals surface area contributed by atoms with Crippen molar-refractivity contribution in [3.05, 3.63) is 48.1 Å². The Morgan fingerprint density at radius 1 is 1.07 bits per heavy atom. The molecule has 0 spiro atoms. The number of amides is 1. The predicted octanol–water partition coefficient (Wildman–Crippen LogP) is 4.62. The van der Waals surface area contributed by atoms with Crippen molar-refractivity contribution in [1.29, 1.82) is 0 Å². The normalized spacial score (nSPS) is 28.7. The molecule has 56 heavy (non-hydrogen) atoms. The van der Waals surface area contributed by atoms with Crippen LogP contribution in [0, 0.1) is 17.8 Å². The van der Waals surface area contributed by atoms with Crippen LogP contribution in [0.5, 0.6) is 11.5 Å². The summed E-state index contributed by atoms with van der Waals surface area (Å²) in [4.78, 5) is 24.0. The summed E-state index contributed by atoms with van der Waals surface area (Å²) in [5, 5.41) is 34.0. The van der Waals surface area contributed by atoms with Crippen LogP contribution in [0.1, 0.15) is 75.7 Å². The topological polar surface area (TPSA) is 161 Å². The first-order chi connectivity index (χ1) is 27.5. The van der Waals surface area contributed by atoms with Gasteiger partial charge in [-0.3, -0.25) is 9.80 Å². The molecule has 312 valence electrons. The van der Waals surface area contributed by atoms with E-state index in [4.69, 9.17) is 38.4 Å². The number of carbonyl (C=O) groups is 1. The minimum atomic E-state index is -1.42. The van der Waals surface area contributed by atoms with Crippen molar-refractivity contribution in [2.75, 3.05) is 86.1 Å². The molecule has 3 aliphatic heterocycles. The van der Waals surface area contributed by atoms with E-state index < -0.39 is 30.1 Å². The lowest BCUT2D eigenvalue weighted by Gasteiger charge is -2.59. The van der Waals surface area contributed by atoms with Gasteiger partial charge in [0.25, 0.3) is 0 Å². The SMILES string of the molecule is C=CCO[C@@]12Oc3ccc(OCCN4CC4)cc3[C@H]3[C@H](CCCCO)[C@@H](CCCCO)C=C(C(=NOC4CCCCO4)C[C@@H]1N(CCOCCO)C(=O)OC)[C@H]32. The molecule has 0 bridgehead atoms. The number of rotatable bonds is 23. The minimum absolute atomic E-state index is 0.0817. The summed E-state index contributed by atoms with van der Waals surface area (Å²) in [5.41, 5.74) is 2.62. The molecule has 1 aromatic rings. The molecular formula is C42H63N3O11. The smallest absolute Gasteiger partial charge is 0.410 e. The highest BCUT2D eigenvalue weighted by molar-refractivity contribution is 6.03. The van der Waals surface area contributed by atoms with E-state index in [1.807, 2.05) is 12.1 Å². The number of hydrogen-bond donors (Lipinski definition) is 3. The van der Waals surface area contributed by atoms with Gasteiger partial charge in [-0.15, -0.1) is 6.58 Å². The van der Waals surface area contributed by atoms with Crippen LogP contribution < -0.4 is 9.47 Å². The van der Waals surface area contributed by atoms with Gasteiger partial charge in [-0.1, -0.05) is 30.1 Å². The van der Waals surface area contributed by atoms with Gasteiger partial charge < -0.3 is 48.6 Å². The van der Waals surface area contributed by atoms with Crippen LogP contribution in [-0.2, 0) is 23.8 Å². The van der Waals surface area contributed by atoms with Gasteiger partial charge >= 0.3 is 6.09 Å². The summed E-state index contributed by atoms with van der Waals surface area (Å²) in [5.74, 6) is -0.477. The van der Waals surface area contributed by atoms with Gasteiger partial charge in [0, 0.05) is 63.7 Å². The molecule has 1 unspecified atom stereocenters. The molecule has 6 rings (SSSR count). The molecule has 1 saturated carbocycles. The number of fused-ring (bicyclic) bond motifs is 2. The summed E-state index contributed by atoms with van der Waals surface area (Å²) in [6.07, 6.45) is 10.5. The Hall–Kier alpha value is -3.24. The molecule has 7 atom stereocenters. The summed E-state index contributed by atoms with van der Waals surface area (Å²) in [7, 11) is 1.35. The number of allylic oxidation sites excluding steroid dienone is 1. The number of ether oxygens (including phenoxy) is 6. The maximum Gasteiger partial charge on any atom is 0.410 e. The van der Waals surface area contributed by atoms with E-state index in [1.165, 1.54) is 7.11 Å². The molecule has 3 heterocycles. The average molecular weight is 786 g/mol. The lowest BCUT2D eigenvalue weighted by atomic mass is 9.55. The molecule has 0 aromatic heterocycles. The monoisotopic (exact) mass is 785 g/mol. The Morgan fingerprint density at radius 3 is 2.61 bits per heavy atom. The first-order valence-corrected chi connectivity index (χ1v) is 20.7. The molecule has 14 heteroatoms. The third-order valence-corrected chi connectivity index (χ3v) is 11.8. The van der Waals surface area contributed by atoms with Crippen molar-refractivity contribution < 1.29 is 53.4 Å². The van der Waals surface area contributed by atoms with Crippen LogP contribution in [0.15, 0.2) is 47.7 Å². The molecule has 1 aromatic carbocycles. The predicted molar refractivity (Wildman–Crippen MR) is 209 cm³/mol.